The number of imide groups is 1. The fraction of sp³-hybridized carbons (Fsp3) is 0.391. The van der Waals surface area contributed by atoms with Gasteiger partial charge < -0.3 is 9.74 Å². The largest absolute Gasteiger partial charge is 0.344 e. The summed E-state index contributed by atoms with van der Waals surface area (Å²) in [6.07, 6.45) is 9.48. The van der Waals surface area contributed by atoms with Crippen LogP contribution in [0, 0.1) is 0 Å². The number of aryl methyl sites for hydroxylation is 1. The molecule has 1 saturated heterocycles. The Hall–Kier alpha value is -5.31. The van der Waals surface area contributed by atoms with Gasteiger partial charge in [0.05, 0.1) is 21.8 Å². The topological polar surface area (TPSA) is 233 Å². The number of anilines is 1. The van der Waals surface area contributed by atoms with Gasteiger partial charge in [0.15, 0.2) is 5.71 Å². The van der Waals surface area contributed by atoms with Crippen LogP contribution in [0.15, 0.2) is 102 Å². The summed E-state index contributed by atoms with van der Waals surface area (Å²) in [6, 6.07) is 19.8. The van der Waals surface area contributed by atoms with Crippen LogP contribution in [0.5, 0.6) is 0 Å². The molecule has 348 valence electrons. The first-order valence-corrected chi connectivity index (χ1v) is 25.8. The van der Waals surface area contributed by atoms with E-state index >= 15 is 0 Å². The molecule has 3 heterocycles. The smallest absolute Gasteiger partial charge is 0.333 e. The van der Waals surface area contributed by atoms with Gasteiger partial charge in [-0.15, -0.1) is 5.06 Å². The van der Waals surface area contributed by atoms with Gasteiger partial charge in [-0.05, 0) is 92.1 Å². The van der Waals surface area contributed by atoms with Crippen LogP contribution in [0.4, 0.5) is 11.4 Å². The van der Waals surface area contributed by atoms with Crippen molar-refractivity contribution >= 4 is 70.8 Å². The maximum atomic E-state index is 12.4. The molecule has 0 aromatic heterocycles. The second-order valence-electron chi connectivity index (χ2n) is 17.3. The van der Waals surface area contributed by atoms with Crippen LogP contribution in [0.25, 0.3) is 5.57 Å². The van der Waals surface area contributed by atoms with Crippen LogP contribution in [-0.2, 0) is 66.8 Å². The van der Waals surface area contributed by atoms with Crippen molar-refractivity contribution in [2.24, 2.45) is 0 Å². The van der Waals surface area contributed by atoms with Crippen LogP contribution in [-0.4, -0.2) is 96.6 Å². The number of benzene rings is 3. The van der Waals surface area contributed by atoms with E-state index in [1.165, 1.54) is 12.1 Å². The van der Waals surface area contributed by atoms with Crippen LogP contribution in [0.1, 0.15) is 94.9 Å². The number of para-hydroxylation sites is 1. The van der Waals surface area contributed by atoms with E-state index < -0.39 is 70.5 Å². The van der Waals surface area contributed by atoms with Gasteiger partial charge in [0.2, 0.25) is 5.69 Å². The minimum Gasteiger partial charge on any atom is -0.344 e. The summed E-state index contributed by atoms with van der Waals surface area (Å²) in [7, 11) is -13.1. The molecule has 0 saturated carbocycles. The van der Waals surface area contributed by atoms with Crippen LogP contribution >= 0.6 is 0 Å². The van der Waals surface area contributed by atoms with Crippen LogP contribution in [0.2, 0.25) is 0 Å². The lowest BCUT2D eigenvalue weighted by Gasteiger charge is -2.27. The van der Waals surface area contributed by atoms with Crippen molar-refractivity contribution in [1.82, 2.24) is 5.06 Å². The standard InChI is InChI=1S/C46H53N3O13S3/c1-45(2)36-15-6-7-16-38(36)47(26-10-28-63(53,54)55)40(45)22-18-33(34-14-9-13-32(30-34)12-5-8-17-44(52)62-49-42(50)24-25-43(49)51)19-23-41-46(3,4)37-31-35(65(59,60)61)20-21-39(37)48(41)27-11-29-64(56,57)58/h6-7,9,13-16,18-23,30-31H,5,8,10-12,17,24-29H2,1-4H3,(H2-,53,54,55,56,57,58,59,60,61)/p+1. The highest BCUT2D eigenvalue weighted by atomic mass is 32.2. The number of fused-ring (bicyclic) bond motifs is 2. The molecular weight excluding hydrogens is 899 g/mol. The van der Waals surface area contributed by atoms with Crippen molar-refractivity contribution in [1.29, 1.82) is 0 Å². The maximum absolute atomic E-state index is 12.4. The molecule has 16 nitrogen and oxygen atoms in total. The van der Waals surface area contributed by atoms with Gasteiger partial charge in [0.25, 0.3) is 42.2 Å². The molecule has 6 rings (SSSR count). The molecule has 3 N–H and O–H groups in total. The molecule has 0 spiro atoms. The van der Waals surface area contributed by atoms with Gasteiger partial charge >= 0.3 is 5.97 Å². The lowest BCUT2D eigenvalue weighted by Crippen LogP contribution is -2.31. The number of hydrogen-bond donors (Lipinski definition) is 3. The summed E-state index contributed by atoms with van der Waals surface area (Å²) < 4.78 is 102. The summed E-state index contributed by atoms with van der Waals surface area (Å²) in [6.45, 7) is 8.35. The Labute approximate surface area is 380 Å². The molecular formula is C46H54N3O13S3+. The summed E-state index contributed by atoms with van der Waals surface area (Å²) in [4.78, 5) is 42.8. The molecule has 0 bridgehead atoms. The summed E-state index contributed by atoms with van der Waals surface area (Å²) in [5.41, 5.74) is 5.71. The lowest BCUT2D eigenvalue weighted by atomic mass is 9.81. The first-order valence-electron chi connectivity index (χ1n) is 21.2. The first-order chi connectivity index (χ1) is 30.4. The summed E-state index contributed by atoms with van der Waals surface area (Å²) >= 11 is 0. The Morgan fingerprint density at radius 2 is 1.46 bits per heavy atom. The lowest BCUT2D eigenvalue weighted by molar-refractivity contribution is -0.437. The van der Waals surface area contributed by atoms with Gasteiger partial charge in [0, 0.05) is 66.7 Å². The van der Waals surface area contributed by atoms with Crippen molar-refractivity contribution in [2.75, 3.05) is 29.5 Å². The Morgan fingerprint density at radius 3 is 2.14 bits per heavy atom. The molecule has 3 aromatic carbocycles. The Balaban J connectivity index is 1.39. The zero-order chi connectivity index (χ0) is 47.5. The third kappa shape index (κ3) is 11.8. The van der Waals surface area contributed by atoms with Gasteiger partial charge in [-0.3, -0.25) is 23.2 Å². The van der Waals surface area contributed by atoms with Crippen LogP contribution in [0.3, 0.4) is 0 Å². The normalized spacial score (nSPS) is 18.0. The number of rotatable bonds is 19. The molecule has 1 fully saturated rings. The number of allylic oxidation sites excluding steroid dienone is 6. The van der Waals surface area contributed by atoms with Gasteiger partial charge in [0.1, 0.15) is 6.54 Å². The minimum absolute atomic E-state index is 0.000368. The number of unbranched alkanes of at least 4 members (excludes halogenated alkanes) is 1. The fourth-order valence-corrected chi connectivity index (χ4v) is 10.1. The average Bonchev–Trinajstić information content (AvgIpc) is 3.73. The first kappa shape index (κ1) is 49.1. The Kier molecular flexibility index (Phi) is 14.6. The third-order valence-corrected chi connectivity index (χ3v) is 14.4. The molecule has 0 aliphatic carbocycles. The van der Waals surface area contributed by atoms with E-state index in [0.29, 0.717) is 47.8 Å². The number of hydrogen-bond acceptors (Lipinski definition) is 11. The van der Waals surface area contributed by atoms with Gasteiger partial charge in [-0.2, -0.15) is 29.8 Å². The van der Waals surface area contributed by atoms with Crippen LogP contribution < -0.4 is 4.90 Å². The molecule has 19 heteroatoms. The third-order valence-electron chi connectivity index (χ3n) is 11.9. The number of carbonyl (C=O) groups excluding carboxylic acids is 3. The summed E-state index contributed by atoms with van der Waals surface area (Å²) in [5, 5.41) is 0.534. The number of carbonyl (C=O) groups is 3. The van der Waals surface area contributed by atoms with E-state index in [0.717, 1.165) is 33.7 Å². The maximum Gasteiger partial charge on any atom is 0.333 e. The van der Waals surface area contributed by atoms with Crippen molar-refractivity contribution in [3.8, 4) is 0 Å². The van der Waals surface area contributed by atoms with E-state index in [9.17, 15) is 53.3 Å². The molecule has 0 atom stereocenters. The highest BCUT2D eigenvalue weighted by molar-refractivity contribution is 7.86. The second kappa shape index (κ2) is 19.3. The van der Waals surface area contributed by atoms with Crippen molar-refractivity contribution in [3.63, 3.8) is 0 Å². The van der Waals surface area contributed by atoms with Gasteiger partial charge in [-0.25, -0.2) is 4.79 Å². The quantitative estimate of drug-likeness (QED) is 0.0383. The molecule has 3 aliphatic heterocycles. The SMILES string of the molecule is CC1(C)C(/C=C/C(=C/C=C2/N(CCCS(=O)(=O)O)c3ccc(S(=O)(=O)O)cc3C2(C)C)c2cccc(CCCCC(=O)ON3C(=O)CCC3=O)c2)=[N+](CCCS(=O)(=O)O)c2ccccc21. The summed E-state index contributed by atoms with van der Waals surface area (Å²) in [5.74, 6) is -2.70. The van der Waals surface area contributed by atoms with E-state index in [-0.39, 0.29) is 43.5 Å². The van der Waals surface area contributed by atoms with E-state index in [4.69, 9.17) is 4.84 Å². The van der Waals surface area contributed by atoms with Crippen molar-refractivity contribution in [2.45, 2.75) is 94.8 Å². The highest BCUT2D eigenvalue weighted by Crippen LogP contribution is 2.49. The van der Waals surface area contributed by atoms with Crippen molar-refractivity contribution < 1.29 is 62.7 Å². The monoisotopic (exact) mass is 952 g/mol. The number of hydroxylamine groups is 2. The number of amides is 2. The zero-order valence-corrected chi connectivity index (χ0v) is 39.1. The fourth-order valence-electron chi connectivity index (χ4n) is 8.64. The zero-order valence-electron chi connectivity index (χ0n) is 36.6. The van der Waals surface area contributed by atoms with E-state index in [2.05, 4.69) is 13.8 Å². The molecule has 2 amide bonds. The highest BCUT2D eigenvalue weighted by Gasteiger charge is 2.44. The second-order valence-corrected chi connectivity index (χ2v) is 21.9. The predicted octanol–water partition coefficient (Wildman–Crippen LogP) is 6.51. The van der Waals surface area contributed by atoms with E-state index in [1.54, 1.807) is 6.07 Å². The predicted molar refractivity (Wildman–Crippen MR) is 244 cm³/mol. The molecule has 0 unspecified atom stereocenters. The van der Waals surface area contributed by atoms with Gasteiger partial charge in [-0.1, -0.05) is 62.4 Å². The molecule has 0 radical (unpaired) electrons. The molecule has 3 aliphatic rings. The minimum atomic E-state index is -4.57. The Morgan fingerprint density at radius 1 is 0.785 bits per heavy atom. The Bertz CT molecular complexity index is 2840. The van der Waals surface area contributed by atoms with Crippen molar-refractivity contribution in [3.05, 3.63) is 119 Å². The molecule has 65 heavy (non-hydrogen) atoms. The molecule has 3 aromatic rings. The number of nitrogens with zero attached hydrogens (tertiary/aromatic N) is 3. The van der Waals surface area contributed by atoms with E-state index in [1.807, 2.05) is 96.2 Å². The average molecular weight is 953 g/mol.